The van der Waals surface area contributed by atoms with E-state index in [4.69, 9.17) is 53.8 Å². The van der Waals surface area contributed by atoms with Crippen LogP contribution in [0.5, 0.6) is 17.2 Å². The van der Waals surface area contributed by atoms with Crippen molar-refractivity contribution in [2.24, 2.45) is 0 Å². The number of carbonyl (C=O) groups excluding carboxylic acids is 2. The first-order valence-electron chi connectivity index (χ1n) is 7.72. The molecule has 0 aromatic heterocycles. The van der Waals surface area contributed by atoms with Gasteiger partial charge in [0.15, 0.2) is 18.1 Å². The van der Waals surface area contributed by atoms with E-state index in [0.717, 1.165) is 0 Å². The molecule has 0 atom stereocenters. The van der Waals surface area contributed by atoms with Crippen molar-refractivity contribution in [3.05, 3.63) is 44.9 Å². The maximum Gasteiger partial charge on any atom is 0.340 e. The summed E-state index contributed by atoms with van der Waals surface area (Å²) in [4.78, 5) is 24.3. The summed E-state index contributed by atoms with van der Waals surface area (Å²) in [7, 11) is 4.07. The minimum atomic E-state index is -0.662. The average molecular weight is 449 g/mol. The highest BCUT2D eigenvalue weighted by Crippen LogP contribution is 2.35. The molecule has 1 amide bonds. The molecule has 0 bridgehead atoms. The SMILES string of the molecule is COC(=O)c1cc(OC)c(OC)cc1NC(=O)COc1cc(Cl)c(Cl)cc1Cl. The summed E-state index contributed by atoms with van der Waals surface area (Å²) in [5.74, 6) is -0.408. The summed E-state index contributed by atoms with van der Waals surface area (Å²) in [6, 6.07) is 5.64. The van der Waals surface area contributed by atoms with Gasteiger partial charge in [0.05, 0.1) is 47.6 Å². The molecule has 0 aliphatic carbocycles. The average Bonchev–Trinajstić information content (AvgIpc) is 2.68. The lowest BCUT2D eigenvalue weighted by Crippen LogP contribution is -2.22. The van der Waals surface area contributed by atoms with Crippen molar-refractivity contribution in [3.63, 3.8) is 0 Å². The molecule has 0 unspecified atom stereocenters. The van der Waals surface area contributed by atoms with Crippen LogP contribution >= 0.6 is 34.8 Å². The Hall–Kier alpha value is -2.35. The molecule has 150 valence electrons. The standard InChI is InChI=1S/C18H16Cl3NO6/c1-25-15-4-9(18(24)27-3)13(7-16(15)26-2)22-17(23)8-28-14-6-11(20)10(19)5-12(14)21/h4-7H,8H2,1-3H3,(H,22,23). The number of carbonyl (C=O) groups is 2. The Labute approximate surface area is 176 Å². The molecule has 0 aliphatic heterocycles. The number of hydrogen-bond acceptors (Lipinski definition) is 6. The van der Waals surface area contributed by atoms with Gasteiger partial charge in [-0.15, -0.1) is 0 Å². The van der Waals surface area contributed by atoms with Crippen LogP contribution in [0.25, 0.3) is 0 Å². The van der Waals surface area contributed by atoms with E-state index in [2.05, 4.69) is 5.32 Å². The number of amides is 1. The lowest BCUT2D eigenvalue weighted by Gasteiger charge is -2.15. The summed E-state index contributed by atoms with van der Waals surface area (Å²) < 4.78 is 20.5. The number of benzene rings is 2. The topological polar surface area (TPSA) is 83.1 Å². The summed E-state index contributed by atoms with van der Waals surface area (Å²) in [6.45, 7) is -0.396. The van der Waals surface area contributed by atoms with Crippen LogP contribution in [0.3, 0.4) is 0 Å². The molecule has 0 fully saturated rings. The summed E-state index contributed by atoms with van der Waals surface area (Å²) in [5.41, 5.74) is 0.249. The second-order valence-corrected chi connectivity index (χ2v) is 6.50. The van der Waals surface area contributed by atoms with E-state index >= 15 is 0 Å². The summed E-state index contributed by atoms with van der Waals surface area (Å²) in [6.07, 6.45) is 0. The van der Waals surface area contributed by atoms with Crippen LogP contribution in [-0.2, 0) is 9.53 Å². The molecule has 0 saturated heterocycles. The molecule has 2 aromatic carbocycles. The molecule has 0 aliphatic rings. The van der Waals surface area contributed by atoms with Gasteiger partial charge in [0.25, 0.3) is 5.91 Å². The zero-order valence-electron chi connectivity index (χ0n) is 15.1. The molecule has 7 nitrogen and oxygen atoms in total. The summed E-state index contributed by atoms with van der Waals surface area (Å²) >= 11 is 17.8. The lowest BCUT2D eigenvalue weighted by atomic mass is 10.1. The lowest BCUT2D eigenvalue weighted by molar-refractivity contribution is -0.118. The molecule has 0 radical (unpaired) electrons. The fourth-order valence-corrected chi connectivity index (χ4v) is 2.80. The number of anilines is 1. The van der Waals surface area contributed by atoms with E-state index in [1.165, 1.54) is 45.6 Å². The number of rotatable bonds is 7. The maximum absolute atomic E-state index is 12.3. The van der Waals surface area contributed by atoms with Crippen molar-refractivity contribution in [1.29, 1.82) is 0 Å². The molecule has 28 heavy (non-hydrogen) atoms. The van der Waals surface area contributed by atoms with Gasteiger partial charge in [-0.25, -0.2) is 4.79 Å². The van der Waals surface area contributed by atoms with Crippen molar-refractivity contribution in [1.82, 2.24) is 0 Å². The van der Waals surface area contributed by atoms with Gasteiger partial charge in [0.2, 0.25) is 0 Å². The van der Waals surface area contributed by atoms with Crippen LogP contribution in [0.15, 0.2) is 24.3 Å². The van der Waals surface area contributed by atoms with Gasteiger partial charge in [-0.1, -0.05) is 34.8 Å². The van der Waals surface area contributed by atoms with Crippen molar-refractivity contribution in [2.75, 3.05) is 33.3 Å². The Morgan fingerprint density at radius 2 is 1.46 bits per heavy atom. The quantitative estimate of drug-likeness (QED) is 0.497. The molecule has 0 saturated carbocycles. The Bertz CT molecular complexity index is 903. The number of halogens is 3. The van der Waals surface area contributed by atoms with Gasteiger partial charge in [0, 0.05) is 18.2 Å². The highest BCUT2D eigenvalue weighted by Gasteiger charge is 2.19. The number of esters is 1. The minimum Gasteiger partial charge on any atom is -0.493 e. The van der Waals surface area contributed by atoms with Crippen molar-refractivity contribution in [2.45, 2.75) is 0 Å². The van der Waals surface area contributed by atoms with E-state index in [9.17, 15) is 9.59 Å². The van der Waals surface area contributed by atoms with Crippen LogP contribution in [0.4, 0.5) is 5.69 Å². The first-order chi connectivity index (χ1) is 13.3. The van der Waals surface area contributed by atoms with Crippen LogP contribution < -0.4 is 19.5 Å². The predicted molar refractivity (Wildman–Crippen MR) is 106 cm³/mol. The Morgan fingerprint density at radius 3 is 2.07 bits per heavy atom. The van der Waals surface area contributed by atoms with Gasteiger partial charge >= 0.3 is 5.97 Å². The third-order valence-electron chi connectivity index (χ3n) is 3.54. The fraction of sp³-hybridized carbons (Fsp3) is 0.222. The molecule has 2 aromatic rings. The van der Waals surface area contributed by atoms with Crippen LogP contribution in [0.2, 0.25) is 15.1 Å². The predicted octanol–water partition coefficient (Wildman–Crippen LogP) is 4.47. The third kappa shape index (κ3) is 5.13. The fourth-order valence-electron chi connectivity index (χ4n) is 2.21. The first-order valence-corrected chi connectivity index (χ1v) is 8.85. The monoisotopic (exact) mass is 447 g/mol. The smallest absolute Gasteiger partial charge is 0.340 e. The highest BCUT2D eigenvalue weighted by molar-refractivity contribution is 6.43. The van der Waals surface area contributed by atoms with Gasteiger partial charge in [-0.05, 0) is 6.07 Å². The minimum absolute atomic E-state index is 0.0843. The van der Waals surface area contributed by atoms with E-state index in [-0.39, 0.29) is 32.1 Å². The molecule has 0 heterocycles. The van der Waals surface area contributed by atoms with E-state index in [1.54, 1.807) is 0 Å². The number of hydrogen-bond donors (Lipinski definition) is 1. The number of methoxy groups -OCH3 is 3. The van der Waals surface area contributed by atoms with Crippen molar-refractivity contribution >= 4 is 52.4 Å². The Morgan fingerprint density at radius 1 is 0.857 bits per heavy atom. The van der Waals surface area contributed by atoms with Crippen molar-refractivity contribution in [3.8, 4) is 17.2 Å². The second-order valence-electron chi connectivity index (χ2n) is 5.28. The zero-order valence-corrected chi connectivity index (χ0v) is 17.4. The molecule has 2 rings (SSSR count). The van der Waals surface area contributed by atoms with Crippen LogP contribution in [0.1, 0.15) is 10.4 Å². The van der Waals surface area contributed by atoms with E-state index in [0.29, 0.717) is 11.5 Å². The second kappa shape index (κ2) is 9.73. The first kappa shape index (κ1) is 21.9. The molecule has 0 spiro atoms. The third-order valence-corrected chi connectivity index (χ3v) is 4.55. The summed E-state index contributed by atoms with van der Waals surface area (Å²) in [5, 5.41) is 3.25. The maximum atomic E-state index is 12.3. The number of nitrogens with one attached hydrogen (secondary N) is 1. The Balaban J connectivity index is 2.21. The molecular weight excluding hydrogens is 433 g/mol. The van der Waals surface area contributed by atoms with Gasteiger partial charge < -0.3 is 24.3 Å². The number of ether oxygens (including phenoxy) is 4. The van der Waals surface area contributed by atoms with Crippen LogP contribution in [0, 0.1) is 0 Å². The Kier molecular flexibility index (Phi) is 7.62. The van der Waals surface area contributed by atoms with Crippen molar-refractivity contribution < 1.29 is 28.5 Å². The van der Waals surface area contributed by atoms with E-state index < -0.39 is 18.5 Å². The molecule has 1 N–H and O–H groups in total. The van der Waals surface area contributed by atoms with Gasteiger partial charge in [-0.3, -0.25) is 4.79 Å². The normalized spacial score (nSPS) is 10.2. The van der Waals surface area contributed by atoms with E-state index in [1.807, 2.05) is 0 Å². The van der Waals surface area contributed by atoms with Gasteiger partial charge in [0.1, 0.15) is 5.75 Å². The van der Waals surface area contributed by atoms with Gasteiger partial charge in [-0.2, -0.15) is 0 Å². The largest absolute Gasteiger partial charge is 0.493 e. The molecule has 10 heteroatoms. The zero-order chi connectivity index (χ0) is 20.8. The highest BCUT2D eigenvalue weighted by atomic mass is 35.5. The van der Waals surface area contributed by atoms with Crippen LogP contribution in [-0.4, -0.2) is 39.8 Å². The molecular formula is C18H16Cl3NO6.